The van der Waals surface area contributed by atoms with Crippen molar-refractivity contribution in [2.45, 2.75) is 17.9 Å². The van der Waals surface area contributed by atoms with E-state index in [0.29, 0.717) is 5.56 Å². The van der Waals surface area contributed by atoms with Crippen molar-refractivity contribution in [2.24, 2.45) is 0 Å². The molecule has 1 atom stereocenters. The molecule has 2 rings (SSSR count). The average Bonchev–Trinajstić information content (AvgIpc) is 2.49. The Bertz CT molecular complexity index is 844. The normalized spacial score (nSPS) is 13.0. The van der Waals surface area contributed by atoms with Gasteiger partial charge < -0.3 is 5.32 Å². The molecule has 8 heteroatoms. The molecule has 3 nitrogen and oxygen atoms in total. The molecule has 0 saturated heterocycles. The van der Waals surface area contributed by atoms with Crippen molar-refractivity contribution in [1.29, 1.82) is 0 Å². The maximum atomic E-state index is 13.7. The predicted octanol–water partition coefficient (Wildman–Crippen LogP) is 3.37. The van der Waals surface area contributed by atoms with Crippen molar-refractivity contribution >= 4 is 33.0 Å². The summed E-state index contributed by atoms with van der Waals surface area (Å²) in [5.74, 6) is -1.48. The summed E-state index contributed by atoms with van der Waals surface area (Å²) in [6.45, 7) is 1.92. The molecule has 2 aromatic carbocycles. The fourth-order valence-corrected chi connectivity index (χ4v) is 4.34. The largest absolute Gasteiger partial charge is 0.339 e. The van der Waals surface area contributed by atoms with E-state index in [-0.39, 0.29) is 33.3 Å². The summed E-state index contributed by atoms with van der Waals surface area (Å²) in [7, 11) is -3.61. The number of rotatable bonds is 6. The lowest BCUT2D eigenvalue weighted by molar-refractivity contribution is -0.689. The highest BCUT2D eigenvalue weighted by Gasteiger charge is 2.21. The molecule has 0 fully saturated rings. The summed E-state index contributed by atoms with van der Waals surface area (Å²) in [6, 6.07) is 7.23. The Morgan fingerprint density at radius 3 is 2.50 bits per heavy atom. The van der Waals surface area contributed by atoms with E-state index in [2.05, 4.69) is 0 Å². The maximum absolute atomic E-state index is 13.7. The zero-order chi connectivity index (χ0) is 17.9. The molecule has 0 bridgehead atoms. The minimum Gasteiger partial charge on any atom is -0.339 e. The Balaban J connectivity index is 2.03. The van der Waals surface area contributed by atoms with Crippen molar-refractivity contribution in [3.63, 3.8) is 0 Å². The highest BCUT2D eigenvalue weighted by molar-refractivity contribution is 7.91. The molecule has 0 amide bonds. The van der Waals surface area contributed by atoms with Gasteiger partial charge in [-0.05, 0) is 37.3 Å². The summed E-state index contributed by atoms with van der Waals surface area (Å²) >= 11 is 11.7. The van der Waals surface area contributed by atoms with Gasteiger partial charge in [0.1, 0.15) is 23.4 Å². The van der Waals surface area contributed by atoms with Crippen molar-refractivity contribution < 1.29 is 22.5 Å². The second-order valence-corrected chi connectivity index (χ2v) is 8.29. The molecule has 0 aromatic heterocycles. The van der Waals surface area contributed by atoms with Crippen LogP contribution in [0, 0.1) is 11.6 Å². The van der Waals surface area contributed by atoms with Gasteiger partial charge in [0.2, 0.25) is 0 Å². The van der Waals surface area contributed by atoms with Crippen LogP contribution in [0.15, 0.2) is 41.3 Å². The number of benzene rings is 2. The Morgan fingerprint density at radius 2 is 1.83 bits per heavy atom. The third-order valence-corrected chi connectivity index (χ3v) is 6.05. The topological polar surface area (TPSA) is 50.8 Å². The van der Waals surface area contributed by atoms with Crippen LogP contribution in [0.3, 0.4) is 0 Å². The number of sulfone groups is 1. The van der Waals surface area contributed by atoms with Gasteiger partial charge in [0, 0.05) is 16.7 Å². The van der Waals surface area contributed by atoms with E-state index in [4.69, 9.17) is 23.2 Å². The first kappa shape index (κ1) is 19.1. The van der Waals surface area contributed by atoms with Gasteiger partial charge in [-0.15, -0.1) is 0 Å². The highest BCUT2D eigenvalue weighted by Crippen LogP contribution is 2.25. The van der Waals surface area contributed by atoms with E-state index in [1.165, 1.54) is 30.3 Å². The lowest BCUT2D eigenvalue weighted by Gasteiger charge is -2.12. The number of quaternary nitrogens is 1. The number of halogens is 4. The highest BCUT2D eigenvalue weighted by atomic mass is 35.5. The van der Waals surface area contributed by atoms with Crippen molar-refractivity contribution in [3.8, 4) is 0 Å². The molecule has 2 aromatic rings. The van der Waals surface area contributed by atoms with Crippen LogP contribution < -0.4 is 5.32 Å². The first-order valence-electron chi connectivity index (χ1n) is 7.17. The lowest BCUT2D eigenvalue weighted by Crippen LogP contribution is -2.85. The molecule has 0 unspecified atom stereocenters. The molecule has 0 aliphatic heterocycles. The molecule has 0 spiro atoms. The first-order valence-corrected chi connectivity index (χ1v) is 9.57. The van der Waals surface area contributed by atoms with E-state index in [1.807, 2.05) is 0 Å². The Hall–Kier alpha value is -1.21. The molecule has 0 aliphatic carbocycles. The molecule has 130 valence electrons. The fourth-order valence-electron chi connectivity index (χ4n) is 2.30. The molecule has 0 radical (unpaired) electrons. The number of hydrogen-bond acceptors (Lipinski definition) is 2. The minimum atomic E-state index is -3.61. The fraction of sp³-hybridized carbons (Fsp3) is 0.250. The van der Waals surface area contributed by atoms with E-state index in [0.717, 1.165) is 6.07 Å². The molecule has 24 heavy (non-hydrogen) atoms. The van der Waals surface area contributed by atoms with Crippen molar-refractivity contribution in [3.05, 3.63) is 63.6 Å². The minimum absolute atomic E-state index is 0.0225. The van der Waals surface area contributed by atoms with E-state index in [1.54, 1.807) is 12.2 Å². The summed E-state index contributed by atoms with van der Waals surface area (Å²) < 4.78 is 51.3. The summed E-state index contributed by atoms with van der Waals surface area (Å²) in [5, 5.41) is 2.06. The van der Waals surface area contributed by atoms with E-state index in [9.17, 15) is 17.2 Å². The Morgan fingerprint density at radius 1 is 1.12 bits per heavy atom. The zero-order valence-electron chi connectivity index (χ0n) is 12.8. The van der Waals surface area contributed by atoms with Crippen LogP contribution in [0.2, 0.25) is 10.0 Å². The average molecular weight is 395 g/mol. The molecule has 0 saturated carbocycles. The van der Waals surface area contributed by atoms with Gasteiger partial charge in [0.15, 0.2) is 9.84 Å². The quantitative estimate of drug-likeness (QED) is 0.816. The molecule has 2 N–H and O–H groups in total. The van der Waals surface area contributed by atoms with Gasteiger partial charge in [-0.1, -0.05) is 23.2 Å². The van der Waals surface area contributed by atoms with Crippen LogP contribution in [0.1, 0.15) is 18.5 Å². The van der Waals surface area contributed by atoms with Gasteiger partial charge >= 0.3 is 0 Å². The molecular weight excluding hydrogens is 379 g/mol. The van der Waals surface area contributed by atoms with Crippen LogP contribution in [0.5, 0.6) is 0 Å². The summed E-state index contributed by atoms with van der Waals surface area (Å²) in [5.41, 5.74) is 0.314. The SMILES string of the molecule is C[C@@H]([NH2+]CCS(=O)(=O)c1cc(Cl)ccc1Cl)c1ccc(F)cc1F. The van der Waals surface area contributed by atoms with Crippen molar-refractivity contribution in [2.75, 3.05) is 12.3 Å². The van der Waals surface area contributed by atoms with Crippen LogP contribution in [0.25, 0.3) is 0 Å². The van der Waals surface area contributed by atoms with E-state index >= 15 is 0 Å². The van der Waals surface area contributed by atoms with Crippen molar-refractivity contribution in [1.82, 2.24) is 0 Å². The molecule has 0 heterocycles. The second kappa shape index (κ2) is 7.78. The van der Waals surface area contributed by atoms with Gasteiger partial charge in [0.05, 0.1) is 16.5 Å². The van der Waals surface area contributed by atoms with Gasteiger partial charge in [-0.2, -0.15) is 0 Å². The first-order chi connectivity index (χ1) is 11.2. The number of nitrogens with two attached hydrogens (primary N) is 1. The Kier molecular flexibility index (Phi) is 6.20. The number of hydrogen-bond donors (Lipinski definition) is 1. The summed E-state index contributed by atoms with van der Waals surface area (Å²) in [6.07, 6.45) is 0. The summed E-state index contributed by atoms with van der Waals surface area (Å²) in [4.78, 5) is -0.0225. The Labute approximate surface area is 149 Å². The predicted molar refractivity (Wildman–Crippen MR) is 90.1 cm³/mol. The molecule has 0 aliphatic rings. The van der Waals surface area contributed by atoms with Gasteiger partial charge in [-0.25, -0.2) is 17.2 Å². The van der Waals surface area contributed by atoms with Gasteiger partial charge in [-0.3, -0.25) is 0 Å². The second-order valence-electron chi connectivity index (χ2n) is 5.37. The third-order valence-electron chi connectivity index (χ3n) is 3.59. The van der Waals surface area contributed by atoms with Gasteiger partial charge in [0.25, 0.3) is 0 Å². The van der Waals surface area contributed by atoms with E-state index < -0.39 is 21.5 Å². The monoisotopic (exact) mass is 394 g/mol. The lowest BCUT2D eigenvalue weighted by atomic mass is 10.1. The van der Waals surface area contributed by atoms with Crippen LogP contribution >= 0.6 is 23.2 Å². The third kappa shape index (κ3) is 4.66. The zero-order valence-corrected chi connectivity index (χ0v) is 15.1. The molecular formula is C16H16Cl2F2NO2S+. The standard InChI is InChI=1S/C16H15Cl2F2NO2S/c1-10(13-4-3-12(19)9-15(13)20)21-6-7-24(22,23)16-8-11(17)2-5-14(16)18/h2-5,8-10,21H,6-7H2,1H3/p+1/t10-/m1/s1. The van der Waals surface area contributed by atoms with Crippen LogP contribution in [0.4, 0.5) is 8.78 Å². The van der Waals surface area contributed by atoms with Crippen LogP contribution in [-0.2, 0) is 9.84 Å². The smallest absolute Gasteiger partial charge is 0.185 e. The maximum Gasteiger partial charge on any atom is 0.185 e. The van der Waals surface area contributed by atoms with Crippen LogP contribution in [-0.4, -0.2) is 20.7 Å².